The van der Waals surface area contributed by atoms with E-state index in [1.54, 1.807) is 42.5 Å². The normalized spacial score (nSPS) is 18.0. The minimum absolute atomic E-state index is 0.0290. The largest absolute Gasteiger partial charge is 0.453 e. The fourth-order valence-corrected chi connectivity index (χ4v) is 2.99. The van der Waals surface area contributed by atoms with Gasteiger partial charge in [0.2, 0.25) is 5.91 Å². The van der Waals surface area contributed by atoms with E-state index in [0.717, 1.165) is 18.4 Å². The quantitative estimate of drug-likeness (QED) is 0.812. The molecule has 6 nitrogen and oxygen atoms in total. The van der Waals surface area contributed by atoms with Crippen LogP contribution in [-0.4, -0.2) is 23.8 Å². The van der Waals surface area contributed by atoms with Gasteiger partial charge in [-0.3, -0.25) is 9.59 Å². The van der Waals surface area contributed by atoms with Crippen molar-refractivity contribution in [2.75, 3.05) is 5.32 Å². The van der Waals surface area contributed by atoms with Gasteiger partial charge in [-0.15, -0.1) is 0 Å². The maximum Gasteiger partial charge on any atom is 0.339 e. The highest BCUT2D eigenvalue weighted by molar-refractivity contribution is 5.98. The van der Waals surface area contributed by atoms with Crippen LogP contribution in [0.4, 0.5) is 5.69 Å². The molecule has 1 fully saturated rings. The van der Waals surface area contributed by atoms with Gasteiger partial charge in [0.1, 0.15) is 6.10 Å². The first kappa shape index (κ1) is 16.3. The first-order valence-electron chi connectivity index (χ1n) is 8.61. The molecule has 4 rings (SSSR count). The minimum atomic E-state index is -0.583. The highest BCUT2D eigenvalue weighted by atomic mass is 16.5. The fourth-order valence-electron chi connectivity index (χ4n) is 2.99. The Morgan fingerprint density at radius 3 is 2.69 bits per heavy atom. The summed E-state index contributed by atoms with van der Waals surface area (Å²) in [6, 6.07) is 14.1. The molecule has 1 unspecified atom stereocenters. The molecule has 1 saturated carbocycles. The van der Waals surface area contributed by atoms with Gasteiger partial charge in [-0.05, 0) is 37.1 Å². The van der Waals surface area contributed by atoms with Crippen molar-refractivity contribution in [3.8, 4) is 0 Å². The molecule has 2 aromatic carbocycles. The van der Waals surface area contributed by atoms with Crippen molar-refractivity contribution in [3.05, 3.63) is 65.2 Å². The van der Waals surface area contributed by atoms with Crippen molar-refractivity contribution in [2.24, 2.45) is 0 Å². The number of rotatable bonds is 5. The zero-order valence-corrected chi connectivity index (χ0v) is 14.0. The monoisotopic (exact) mass is 350 g/mol. The van der Waals surface area contributed by atoms with Crippen molar-refractivity contribution < 1.29 is 19.1 Å². The molecule has 2 aromatic rings. The van der Waals surface area contributed by atoms with Gasteiger partial charge in [0.25, 0.3) is 5.91 Å². The van der Waals surface area contributed by atoms with E-state index in [9.17, 15) is 14.4 Å². The lowest BCUT2D eigenvalue weighted by molar-refractivity contribution is -0.118. The third-order valence-corrected chi connectivity index (χ3v) is 4.47. The highest BCUT2D eigenvalue weighted by Crippen LogP contribution is 2.33. The molecule has 2 N–H and O–H groups in total. The van der Waals surface area contributed by atoms with Gasteiger partial charge >= 0.3 is 5.97 Å². The Balaban J connectivity index is 1.41. The van der Waals surface area contributed by atoms with Gasteiger partial charge < -0.3 is 15.4 Å². The number of cyclic esters (lactones) is 1. The molecule has 132 valence electrons. The predicted molar refractivity (Wildman–Crippen MR) is 94.8 cm³/mol. The first-order valence-corrected chi connectivity index (χ1v) is 8.61. The summed E-state index contributed by atoms with van der Waals surface area (Å²) in [4.78, 5) is 36.3. The van der Waals surface area contributed by atoms with Crippen LogP contribution < -0.4 is 10.6 Å². The molecule has 0 aromatic heterocycles. The second kappa shape index (κ2) is 6.63. The second-order valence-corrected chi connectivity index (χ2v) is 6.56. The van der Waals surface area contributed by atoms with E-state index < -0.39 is 12.1 Å². The third-order valence-electron chi connectivity index (χ3n) is 4.47. The molecule has 0 saturated heterocycles. The van der Waals surface area contributed by atoms with Crippen LogP contribution in [0.3, 0.4) is 0 Å². The van der Waals surface area contributed by atoms with Gasteiger partial charge in [-0.25, -0.2) is 4.79 Å². The van der Waals surface area contributed by atoms with Crippen LogP contribution in [0, 0.1) is 0 Å². The van der Waals surface area contributed by atoms with Gasteiger partial charge in [-0.2, -0.15) is 0 Å². The zero-order chi connectivity index (χ0) is 18.1. The lowest BCUT2D eigenvalue weighted by atomic mass is 10.0. The Hall–Kier alpha value is -3.15. The Labute approximate surface area is 150 Å². The summed E-state index contributed by atoms with van der Waals surface area (Å²) in [6.45, 7) is 0. The summed E-state index contributed by atoms with van der Waals surface area (Å²) in [6.07, 6.45) is 1.48. The molecule has 1 aliphatic carbocycles. The Morgan fingerprint density at radius 1 is 1.08 bits per heavy atom. The van der Waals surface area contributed by atoms with E-state index in [1.165, 1.54) is 0 Å². The average molecular weight is 350 g/mol. The molecule has 1 atom stereocenters. The molecule has 0 bridgehead atoms. The van der Waals surface area contributed by atoms with Crippen molar-refractivity contribution in [2.45, 2.75) is 31.4 Å². The molecule has 0 radical (unpaired) electrons. The smallest absolute Gasteiger partial charge is 0.339 e. The van der Waals surface area contributed by atoms with Crippen LogP contribution in [0.1, 0.15) is 51.6 Å². The van der Waals surface area contributed by atoms with Crippen molar-refractivity contribution in [1.29, 1.82) is 0 Å². The summed E-state index contributed by atoms with van der Waals surface area (Å²) in [5.41, 5.74) is 2.28. The van der Waals surface area contributed by atoms with Gasteiger partial charge in [0.15, 0.2) is 0 Å². The van der Waals surface area contributed by atoms with Crippen LogP contribution in [0.5, 0.6) is 0 Å². The Morgan fingerprint density at radius 2 is 1.88 bits per heavy atom. The summed E-state index contributed by atoms with van der Waals surface area (Å²) < 4.78 is 5.29. The summed E-state index contributed by atoms with van der Waals surface area (Å²) in [7, 11) is 0. The van der Waals surface area contributed by atoms with Crippen molar-refractivity contribution in [3.63, 3.8) is 0 Å². The van der Waals surface area contributed by atoms with E-state index in [4.69, 9.17) is 4.74 Å². The number of benzene rings is 2. The molecule has 1 aliphatic heterocycles. The fraction of sp³-hybridized carbons (Fsp3) is 0.250. The molecule has 26 heavy (non-hydrogen) atoms. The number of esters is 1. The average Bonchev–Trinajstić information content (AvgIpc) is 3.39. The SMILES string of the molecule is O=C(CC1OC(=O)c2ccccc21)Nc1cccc(C(=O)NC2CC2)c1. The van der Waals surface area contributed by atoms with E-state index in [1.807, 2.05) is 6.07 Å². The number of ether oxygens (including phenoxy) is 1. The maximum atomic E-state index is 12.4. The topological polar surface area (TPSA) is 84.5 Å². The molecule has 2 amide bonds. The Kier molecular flexibility index (Phi) is 4.16. The van der Waals surface area contributed by atoms with Gasteiger partial charge in [0.05, 0.1) is 12.0 Å². The number of hydrogen-bond acceptors (Lipinski definition) is 4. The molecular weight excluding hydrogens is 332 g/mol. The number of amides is 2. The number of nitrogens with one attached hydrogen (secondary N) is 2. The van der Waals surface area contributed by atoms with Gasteiger partial charge in [-0.1, -0.05) is 24.3 Å². The molecular formula is C20H18N2O4. The van der Waals surface area contributed by atoms with Crippen LogP contribution in [0.2, 0.25) is 0 Å². The summed E-state index contributed by atoms with van der Waals surface area (Å²) >= 11 is 0. The molecule has 1 heterocycles. The molecule has 0 spiro atoms. The minimum Gasteiger partial charge on any atom is -0.453 e. The molecule has 6 heteroatoms. The predicted octanol–water partition coefficient (Wildman–Crippen LogP) is 2.82. The number of carbonyl (C=O) groups is 3. The number of hydrogen-bond donors (Lipinski definition) is 2. The standard InChI is InChI=1S/C20H18N2O4/c23-18(11-17-15-6-1-2-7-16(15)20(25)26-17)21-14-5-3-4-12(10-14)19(24)22-13-8-9-13/h1-7,10,13,17H,8-9,11H2,(H,21,23)(H,22,24). The van der Waals surface area contributed by atoms with E-state index in [-0.39, 0.29) is 24.3 Å². The summed E-state index contributed by atoms with van der Waals surface area (Å²) in [5.74, 6) is -0.821. The van der Waals surface area contributed by atoms with E-state index in [2.05, 4.69) is 10.6 Å². The maximum absolute atomic E-state index is 12.4. The zero-order valence-electron chi connectivity index (χ0n) is 14.0. The number of anilines is 1. The lowest BCUT2D eigenvalue weighted by Crippen LogP contribution is -2.25. The van der Waals surface area contributed by atoms with Crippen LogP contribution in [0.25, 0.3) is 0 Å². The highest BCUT2D eigenvalue weighted by Gasteiger charge is 2.32. The van der Waals surface area contributed by atoms with E-state index >= 15 is 0 Å². The van der Waals surface area contributed by atoms with Crippen LogP contribution in [0.15, 0.2) is 48.5 Å². The van der Waals surface area contributed by atoms with Gasteiger partial charge in [0, 0.05) is 22.9 Å². The second-order valence-electron chi connectivity index (χ2n) is 6.56. The summed E-state index contributed by atoms with van der Waals surface area (Å²) in [5, 5.41) is 5.68. The lowest BCUT2D eigenvalue weighted by Gasteiger charge is -2.12. The molecule has 2 aliphatic rings. The van der Waals surface area contributed by atoms with Crippen LogP contribution >= 0.6 is 0 Å². The number of carbonyl (C=O) groups excluding carboxylic acids is 3. The Bertz CT molecular complexity index is 889. The number of fused-ring (bicyclic) bond motifs is 1. The van der Waals surface area contributed by atoms with Crippen LogP contribution in [-0.2, 0) is 9.53 Å². The third kappa shape index (κ3) is 3.44. The van der Waals surface area contributed by atoms with Crippen molar-refractivity contribution in [1.82, 2.24) is 5.32 Å². The first-order chi connectivity index (χ1) is 12.6. The van der Waals surface area contributed by atoms with Crippen molar-refractivity contribution >= 4 is 23.5 Å². The van der Waals surface area contributed by atoms with E-state index in [0.29, 0.717) is 16.8 Å².